The molecule has 0 aliphatic heterocycles. The number of hydrogen-bond donors (Lipinski definition) is 2. The van der Waals surface area contributed by atoms with E-state index in [1.807, 2.05) is 18.7 Å². The Morgan fingerprint density at radius 2 is 2.16 bits per heavy atom. The molecule has 0 aliphatic rings. The zero-order valence-corrected chi connectivity index (χ0v) is 11.1. The summed E-state index contributed by atoms with van der Waals surface area (Å²) in [7, 11) is 1.95. The molecule has 98 valence electrons. The fourth-order valence-electron chi connectivity index (χ4n) is 2.15. The number of aryl methyl sites for hydroxylation is 2. The lowest BCUT2D eigenvalue weighted by Gasteiger charge is -2.06. The average Bonchev–Trinajstić information content (AvgIpc) is 2.95. The van der Waals surface area contributed by atoms with Gasteiger partial charge in [0.15, 0.2) is 5.65 Å². The highest BCUT2D eigenvalue weighted by atomic mass is 15.3. The summed E-state index contributed by atoms with van der Waals surface area (Å²) in [6, 6.07) is 0. The minimum Gasteiger partial charge on any atom is -0.365 e. The zero-order chi connectivity index (χ0) is 13.4. The van der Waals surface area contributed by atoms with Crippen LogP contribution in [0.1, 0.15) is 17.0 Å². The molecule has 0 bridgehead atoms. The van der Waals surface area contributed by atoms with Gasteiger partial charge >= 0.3 is 0 Å². The highest BCUT2D eigenvalue weighted by molar-refractivity contribution is 5.85. The Hall–Kier alpha value is -2.44. The molecule has 3 aromatic heterocycles. The fourth-order valence-corrected chi connectivity index (χ4v) is 2.15. The van der Waals surface area contributed by atoms with Crippen molar-refractivity contribution >= 4 is 16.9 Å². The van der Waals surface area contributed by atoms with Gasteiger partial charge in [0.2, 0.25) is 0 Å². The van der Waals surface area contributed by atoms with Gasteiger partial charge in [-0.2, -0.15) is 10.2 Å². The third-order valence-electron chi connectivity index (χ3n) is 3.34. The predicted octanol–water partition coefficient (Wildman–Crippen LogP) is 1.32. The molecular weight excluding hydrogens is 242 g/mol. The van der Waals surface area contributed by atoms with Crippen LogP contribution in [-0.2, 0) is 13.6 Å². The summed E-state index contributed by atoms with van der Waals surface area (Å²) in [6.07, 6.45) is 3.24. The second-order valence-electron chi connectivity index (χ2n) is 4.48. The highest BCUT2D eigenvalue weighted by Gasteiger charge is 2.10. The highest BCUT2D eigenvalue weighted by Crippen LogP contribution is 2.18. The van der Waals surface area contributed by atoms with E-state index in [0.29, 0.717) is 6.54 Å². The van der Waals surface area contributed by atoms with Crippen LogP contribution in [0.3, 0.4) is 0 Å². The van der Waals surface area contributed by atoms with E-state index < -0.39 is 0 Å². The molecule has 3 heterocycles. The van der Waals surface area contributed by atoms with Crippen molar-refractivity contribution in [1.82, 2.24) is 29.9 Å². The quantitative estimate of drug-likeness (QED) is 0.739. The first kappa shape index (κ1) is 11.6. The van der Waals surface area contributed by atoms with Crippen LogP contribution < -0.4 is 5.32 Å². The van der Waals surface area contributed by atoms with Crippen molar-refractivity contribution < 1.29 is 0 Å². The van der Waals surface area contributed by atoms with Crippen LogP contribution in [0.2, 0.25) is 0 Å². The Morgan fingerprint density at radius 1 is 1.32 bits per heavy atom. The first-order valence-electron chi connectivity index (χ1n) is 6.04. The van der Waals surface area contributed by atoms with E-state index in [0.717, 1.165) is 28.2 Å². The number of nitrogens with zero attached hydrogens (tertiary/aromatic N) is 5. The van der Waals surface area contributed by atoms with E-state index in [1.165, 1.54) is 11.9 Å². The monoisotopic (exact) mass is 257 g/mol. The predicted molar refractivity (Wildman–Crippen MR) is 71.7 cm³/mol. The van der Waals surface area contributed by atoms with Gasteiger partial charge in [0.25, 0.3) is 0 Å². The molecule has 2 N–H and O–H groups in total. The second-order valence-corrected chi connectivity index (χ2v) is 4.48. The summed E-state index contributed by atoms with van der Waals surface area (Å²) in [4.78, 5) is 8.36. The molecule has 0 atom stereocenters. The molecule has 0 amide bonds. The lowest BCUT2D eigenvalue weighted by atomic mass is 10.2. The number of anilines is 1. The molecule has 0 spiro atoms. The molecule has 0 unspecified atom stereocenters. The zero-order valence-electron chi connectivity index (χ0n) is 11.1. The topological polar surface area (TPSA) is 84.3 Å². The van der Waals surface area contributed by atoms with Crippen molar-refractivity contribution in [2.24, 2.45) is 7.05 Å². The van der Waals surface area contributed by atoms with Crippen molar-refractivity contribution in [2.75, 3.05) is 5.32 Å². The normalized spacial score (nSPS) is 11.1. The van der Waals surface area contributed by atoms with Crippen molar-refractivity contribution in [2.45, 2.75) is 20.4 Å². The standard InChI is InChI=1S/C12H15N7/c1-7-9(8(2)19(3)18-7)4-13-11-10-5-16-17-12(10)15-6-14-11/h5-6H,4H2,1-3H3,(H2,13,14,15,16,17). The first-order valence-corrected chi connectivity index (χ1v) is 6.04. The van der Waals surface area contributed by atoms with Crippen molar-refractivity contribution in [1.29, 1.82) is 0 Å². The Kier molecular flexibility index (Phi) is 2.66. The van der Waals surface area contributed by atoms with Crippen molar-refractivity contribution in [3.63, 3.8) is 0 Å². The van der Waals surface area contributed by atoms with E-state index in [2.05, 4.69) is 37.5 Å². The first-order chi connectivity index (χ1) is 9.16. The van der Waals surface area contributed by atoms with Crippen LogP contribution in [-0.4, -0.2) is 29.9 Å². The summed E-state index contributed by atoms with van der Waals surface area (Å²) in [5.74, 6) is 0.779. The molecule has 0 aliphatic carbocycles. The molecule has 7 nitrogen and oxygen atoms in total. The SMILES string of the molecule is Cc1nn(C)c(C)c1CNc1ncnc2[nH]ncc12. The number of nitrogens with one attached hydrogen (secondary N) is 2. The Balaban J connectivity index is 1.88. The summed E-state index contributed by atoms with van der Waals surface area (Å²) in [5, 5.41) is 15.4. The van der Waals surface area contributed by atoms with Gasteiger partial charge in [0.05, 0.1) is 17.3 Å². The molecule has 0 fully saturated rings. The van der Waals surface area contributed by atoms with Gasteiger partial charge in [0.1, 0.15) is 12.1 Å². The van der Waals surface area contributed by atoms with Crippen LogP contribution in [0.25, 0.3) is 11.0 Å². The molecule has 3 aromatic rings. The van der Waals surface area contributed by atoms with Gasteiger partial charge < -0.3 is 5.32 Å². The molecule has 7 heteroatoms. The Morgan fingerprint density at radius 3 is 2.89 bits per heavy atom. The van der Waals surface area contributed by atoms with E-state index in [1.54, 1.807) is 6.20 Å². The van der Waals surface area contributed by atoms with Gasteiger partial charge in [-0.05, 0) is 13.8 Å². The number of aromatic nitrogens is 6. The molecular formula is C12H15N7. The van der Waals surface area contributed by atoms with Crippen LogP contribution in [0.4, 0.5) is 5.82 Å². The third kappa shape index (κ3) is 1.92. The number of rotatable bonds is 3. The maximum atomic E-state index is 4.40. The summed E-state index contributed by atoms with van der Waals surface area (Å²) < 4.78 is 1.89. The summed E-state index contributed by atoms with van der Waals surface area (Å²) in [5.41, 5.74) is 4.11. The van der Waals surface area contributed by atoms with Gasteiger partial charge in [-0.3, -0.25) is 9.78 Å². The number of fused-ring (bicyclic) bond motifs is 1. The van der Waals surface area contributed by atoms with Crippen LogP contribution in [0.5, 0.6) is 0 Å². The third-order valence-corrected chi connectivity index (χ3v) is 3.34. The molecule has 0 saturated carbocycles. The van der Waals surface area contributed by atoms with Crippen LogP contribution >= 0.6 is 0 Å². The Labute approximate surface area is 110 Å². The molecule has 0 radical (unpaired) electrons. The minimum atomic E-state index is 0.683. The molecule has 0 saturated heterocycles. The largest absolute Gasteiger partial charge is 0.365 e. The fraction of sp³-hybridized carbons (Fsp3) is 0.333. The van der Waals surface area contributed by atoms with Crippen molar-refractivity contribution in [3.05, 3.63) is 29.5 Å². The summed E-state index contributed by atoms with van der Waals surface area (Å²) >= 11 is 0. The van der Waals surface area contributed by atoms with E-state index in [-0.39, 0.29) is 0 Å². The average molecular weight is 257 g/mol. The Bertz CT molecular complexity index is 725. The van der Waals surface area contributed by atoms with E-state index in [4.69, 9.17) is 0 Å². The number of hydrogen-bond acceptors (Lipinski definition) is 5. The second kappa shape index (κ2) is 4.34. The van der Waals surface area contributed by atoms with Gasteiger partial charge in [-0.1, -0.05) is 0 Å². The molecule has 0 aromatic carbocycles. The van der Waals surface area contributed by atoms with Crippen LogP contribution in [0.15, 0.2) is 12.5 Å². The lowest BCUT2D eigenvalue weighted by molar-refractivity contribution is 0.730. The number of H-pyrrole nitrogens is 1. The maximum Gasteiger partial charge on any atom is 0.160 e. The van der Waals surface area contributed by atoms with Gasteiger partial charge in [0, 0.05) is 24.8 Å². The maximum absolute atomic E-state index is 4.40. The lowest BCUT2D eigenvalue weighted by Crippen LogP contribution is -2.04. The smallest absolute Gasteiger partial charge is 0.160 e. The van der Waals surface area contributed by atoms with E-state index in [9.17, 15) is 0 Å². The van der Waals surface area contributed by atoms with Crippen LogP contribution in [0, 0.1) is 13.8 Å². The molecule has 3 rings (SSSR count). The van der Waals surface area contributed by atoms with Gasteiger partial charge in [-0.25, -0.2) is 9.97 Å². The van der Waals surface area contributed by atoms with Crippen molar-refractivity contribution in [3.8, 4) is 0 Å². The van der Waals surface area contributed by atoms with Gasteiger partial charge in [-0.15, -0.1) is 0 Å². The van der Waals surface area contributed by atoms with E-state index >= 15 is 0 Å². The summed E-state index contributed by atoms with van der Waals surface area (Å²) in [6.45, 7) is 4.75. The molecule has 19 heavy (non-hydrogen) atoms. The number of aromatic amines is 1. The minimum absolute atomic E-state index is 0.683.